The van der Waals surface area contributed by atoms with E-state index in [0.717, 1.165) is 5.56 Å². The van der Waals surface area contributed by atoms with Crippen molar-refractivity contribution in [1.29, 1.82) is 0 Å². The molecule has 2 aromatic rings. The minimum absolute atomic E-state index is 0.132. The molecule has 0 radical (unpaired) electrons. The van der Waals surface area contributed by atoms with Gasteiger partial charge in [-0.3, -0.25) is 9.59 Å². The van der Waals surface area contributed by atoms with E-state index in [9.17, 15) is 18.0 Å². The van der Waals surface area contributed by atoms with Crippen LogP contribution < -0.4 is 0 Å². The van der Waals surface area contributed by atoms with E-state index < -0.39 is 21.5 Å². The minimum atomic E-state index is -3.75. The maximum atomic E-state index is 13.1. The molecule has 0 saturated carbocycles. The van der Waals surface area contributed by atoms with Crippen molar-refractivity contribution in [3.8, 4) is 0 Å². The molecular weight excluding hydrogens is 402 g/mol. The molecule has 0 fully saturated rings. The first-order valence-corrected chi connectivity index (χ1v) is 11.5. The summed E-state index contributed by atoms with van der Waals surface area (Å²) < 4.78 is 30.7. The molecule has 0 unspecified atom stereocenters. The number of rotatable bonds is 7. The topological polar surface area (TPSA) is 80.8 Å². The Morgan fingerprint density at radius 3 is 2.17 bits per heavy atom. The summed E-state index contributed by atoms with van der Waals surface area (Å²) in [5, 5.41) is 0. The predicted molar refractivity (Wildman–Crippen MR) is 113 cm³/mol. The Morgan fingerprint density at radius 1 is 0.967 bits per heavy atom. The van der Waals surface area contributed by atoms with Crippen molar-refractivity contribution in [3.63, 3.8) is 0 Å². The van der Waals surface area contributed by atoms with E-state index in [-0.39, 0.29) is 23.0 Å². The van der Waals surface area contributed by atoms with Crippen molar-refractivity contribution in [2.24, 2.45) is 0 Å². The number of nitrogens with zero attached hydrogens (tertiary/aromatic N) is 1. The number of hydrogen-bond acceptors (Lipinski definition) is 5. The molecule has 30 heavy (non-hydrogen) atoms. The predicted octanol–water partition coefficient (Wildman–Crippen LogP) is 3.14. The fourth-order valence-corrected chi connectivity index (χ4v) is 4.71. The number of sulfone groups is 1. The maximum Gasteiger partial charge on any atom is 0.303 e. The molecule has 1 aliphatic rings. The summed E-state index contributed by atoms with van der Waals surface area (Å²) >= 11 is 0. The molecular formula is C23H25NO5S. The first-order valence-electron chi connectivity index (χ1n) is 9.82. The van der Waals surface area contributed by atoms with Gasteiger partial charge < -0.3 is 9.64 Å². The van der Waals surface area contributed by atoms with Gasteiger partial charge in [0.25, 0.3) is 0 Å². The normalized spacial score (nSPS) is 18.6. The van der Waals surface area contributed by atoms with Crippen molar-refractivity contribution in [2.75, 3.05) is 5.75 Å². The largest absolute Gasteiger partial charge is 0.458 e. The van der Waals surface area contributed by atoms with Crippen LogP contribution in [0.3, 0.4) is 0 Å². The van der Waals surface area contributed by atoms with E-state index in [1.807, 2.05) is 36.4 Å². The molecule has 0 N–H and O–H groups in total. The maximum absolute atomic E-state index is 13.1. The van der Waals surface area contributed by atoms with Gasteiger partial charge in [0, 0.05) is 13.5 Å². The number of hydrogen-bond donors (Lipinski definition) is 0. The summed E-state index contributed by atoms with van der Waals surface area (Å²) in [5.74, 6) is -1.40. The van der Waals surface area contributed by atoms with Gasteiger partial charge in [-0.05, 0) is 36.6 Å². The average Bonchev–Trinajstić information content (AvgIpc) is 2.73. The summed E-state index contributed by atoms with van der Waals surface area (Å²) in [6, 6.07) is 17.2. The molecule has 0 spiro atoms. The van der Waals surface area contributed by atoms with E-state index in [2.05, 4.69) is 0 Å². The van der Waals surface area contributed by atoms with E-state index in [1.165, 1.54) is 19.1 Å². The Labute approximate surface area is 177 Å². The van der Waals surface area contributed by atoms with Crippen LogP contribution in [0.5, 0.6) is 0 Å². The van der Waals surface area contributed by atoms with Gasteiger partial charge in [-0.15, -0.1) is 0 Å². The van der Waals surface area contributed by atoms with Gasteiger partial charge >= 0.3 is 5.97 Å². The smallest absolute Gasteiger partial charge is 0.303 e. The third kappa shape index (κ3) is 5.79. The first-order chi connectivity index (χ1) is 14.3. The first kappa shape index (κ1) is 21.8. The van der Waals surface area contributed by atoms with Crippen LogP contribution in [0, 0.1) is 0 Å². The van der Waals surface area contributed by atoms with E-state index in [0.29, 0.717) is 19.4 Å². The van der Waals surface area contributed by atoms with E-state index in [4.69, 9.17) is 4.74 Å². The van der Waals surface area contributed by atoms with Crippen LogP contribution >= 0.6 is 0 Å². The Bertz CT molecular complexity index is 1000. The van der Waals surface area contributed by atoms with Crippen LogP contribution in [0.1, 0.15) is 25.3 Å². The lowest BCUT2D eigenvalue weighted by Crippen LogP contribution is -2.43. The standard InChI is InChI=1S/C23H25NO5S/c1-18(25)29-21-14-12-20(13-15-21)24(16-19-8-4-2-5-9-19)23(26)17-30(27,28)22-10-6-3-7-11-22/h2-12,14,20-21H,13,15-17H2,1H3/t20-,21+/m0/s1. The zero-order valence-corrected chi connectivity index (χ0v) is 17.6. The van der Waals surface area contributed by atoms with Crippen LogP contribution in [-0.4, -0.2) is 43.1 Å². The molecule has 0 bridgehead atoms. The molecule has 7 heteroatoms. The lowest BCUT2D eigenvalue weighted by molar-refractivity contribution is -0.145. The molecule has 0 aromatic heterocycles. The fourth-order valence-electron chi connectivity index (χ4n) is 3.48. The van der Waals surface area contributed by atoms with Gasteiger partial charge in [0.2, 0.25) is 5.91 Å². The second-order valence-corrected chi connectivity index (χ2v) is 9.25. The summed E-state index contributed by atoms with van der Waals surface area (Å²) in [7, 11) is -3.75. The van der Waals surface area contributed by atoms with E-state index in [1.54, 1.807) is 29.2 Å². The molecule has 6 nitrogen and oxygen atoms in total. The van der Waals surface area contributed by atoms with Gasteiger partial charge in [-0.25, -0.2) is 8.42 Å². The van der Waals surface area contributed by atoms with Crippen molar-refractivity contribution in [3.05, 3.63) is 78.4 Å². The average molecular weight is 428 g/mol. The number of esters is 1. The molecule has 3 rings (SSSR count). The Kier molecular flexibility index (Phi) is 7.05. The molecule has 2 aromatic carbocycles. The number of benzene rings is 2. The number of carbonyl (C=O) groups excluding carboxylic acids is 2. The number of carbonyl (C=O) groups is 2. The van der Waals surface area contributed by atoms with Crippen molar-refractivity contribution < 1.29 is 22.7 Å². The third-order valence-corrected chi connectivity index (χ3v) is 6.56. The van der Waals surface area contributed by atoms with Crippen molar-refractivity contribution in [2.45, 2.75) is 43.4 Å². The van der Waals surface area contributed by atoms with Crippen LogP contribution in [0.4, 0.5) is 0 Å². The van der Waals surface area contributed by atoms with Crippen LogP contribution in [0.2, 0.25) is 0 Å². The van der Waals surface area contributed by atoms with Crippen LogP contribution in [-0.2, 0) is 30.7 Å². The lowest BCUT2D eigenvalue weighted by atomic mass is 9.98. The number of amides is 1. The zero-order valence-electron chi connectivity index (χ0n) is 16.8. The molecule has 0 heterocycles. The van der Waals surface area contributed by atoms with E-state index >= 15 is 0 Å². The molecule has 1 aliphatic carbocycles. The molecule has 1 amide bonds. The van der Waals surface area contributed by atoms with Gasteiger partial charge in [0.05, 0.1) is 10.9 Å². The van der Waals surface area contributed by atoms with Crippen molar-refractivity contribution >= 4 is 21.7 Å². The lowest BCUT2D eigenvalue weighted by Gasteiger charge is -2.33. The third-order valence-electron chi connectivity index (χ3n) is 4.94. The van der Waals surface area contributed by atoms with Gasteiger partial charge in [0.1, 0.15) is 11.9 Å². The zero-order chi connectivity index (χ0) is 21.6. The Balaban J connectivity index is 1.81. The van der Waals surface area contributed by atoms with Gasteiger partial charge in [-0.2, -0.15) is 0 Å². The molecule has 2 atom stereocenters. The summed E-state index contributed by atoms with van der Waals surface area (Å²) in [6.07, 6.45) is 4.43. The number of ether oxygens (including phenoxy) is 1. The fraction of sp³-hybridized carbons (Fsp3) is 0.304. The highest BCUT2D eigenvalue weighted by Crippen LogP contribution is 2.22. The highest BCUT2D eigenvalue weighted by atomic mass is 32.2. The highest BCUT2D eigenvalue weighted by Gasteiger charge is 2.30. The Hall–Kier alpha value is -2.93. The summed E-state index contributed by atoms with van der Waals surface area (Å²) in [5.41, 5.74) is 0.915. The van der Waals surface area contributed by atoms with Crippen LogP contribution in [0.25, 0.3) is 0 Å². The van der Waals surface area contributed by atoms with Crippen molar-refractivity contribution in [1.82, 2.24) is 4.90 Å². The minimum Gasteiger partial charge on any atom is -0.458 e. The van der Waals surface area contributed by atoms with Gasteiger partial charge in [-0.1, -0.05) is 54.6 Å². The molecule has 0 aliphatic heterocycles. The molecule has 158 valence electrons. The summed E-state index contributed by atoms with van der Waals surface area (Å²) in [6.45, 7) is 1.66. The highest BCUT2D eigenvalue weighted by molar-refractivity contribution is 7.92. The second kappa shape index (κ2) is 9.71. The summed E-state index contributed by atoms with van der Waals surface area (Å²) in [4.78, 5) is 26.0. The SMILES string of the molecule is CC(=O)O[C@@H]1C=C[C@H](N(Cc2ccccc2)C(=O)CS(=O)(=O)c2ccccc2)CC1. The quantitative estimate of drug-likeness (QED) is 0.501. The van der Waals surface area contributed by atoms with Crippen LogP contribution in [0.15, 0.2) is 77.7 Å². The van der Waals surface area contributed by atoms with Gasteiger partial charge in [0.15, 0.2) is 9.84 Å². The molecule has 0 saturated heterocycles. The second-order valence-electron chi connectivity index (χ2n) is 7.26. The monoisotopic (exact) mass is 427 g/mol. The Morgan fingerprint density at radius 2 is 1.60 bits per heavy atom.